The van der Waals surface area contributed by atoms with Crippen molar-refractivity contribution in [1.82, 2.24) is 9.55 Å². The van der Waals surface area contributed by atoms with Gasteiger partial charge in [0.2, 0.25) is 5.89 Å². The molecule has 290 valence electrons. The number of oxazole rings is 1. The van der Waals surface area contributed by atoms with Gasteiger partial charge in [0.1, 0.15) is 5.52 Å². The van der Waals surface area contributed by atoms with Crippen molar-refractivity contribution in [2.24, 2.45) is 0 Å². The van der Waals surface area contributed by atoms with Gasteiger partial charge in [0.15, 0.2) is 5.58 Å². The van der Waals surface area contributed by atoms with Gasteiger partial charge in [-0.25, -0.2) is 4.98 Å². The minimum Gasteiger partial charge on any atom is -0.436 e. The summed E-state index contributed by atoms with van der Waals surface area (Å²) in [5, 5.41) is 2.52. The third-order valence-electron chi connectivity index (χ3n) is 14.0. The molecular weight excluding hydrogens is 741 g/mol. The fraction of sp³-hybridized carbons (Fsp3) is 0.125. The van der Waals surface area contributed by atoms with Gasteiger partial charge in [0.25, 0.3) is 0 Å². The van der Waals surface area contributed by atoms with Crippen LogP contribution in [0.4, 0.5) is 11.4 Å². The van der Waals surface area contributed by atoms with Crippen LogP contribution in [0.15, 0.2) is 168 Å². The molecular formula is C56H42BN3O. The maximum Gasteiger partial charge on any atom is 0.333 e. The Labute approximate surface area is 355 Å². The van der Waals surface area contributed by atoms with Crippen molar-refractivity contribution in [2.75, 3.05) is 4.81 Å². The molecule has 4 nitrogen and oxygen atoms in total. The van der Waals surface area contributed by atoms with E-state index in [0.717, 1.165) is 28.0 Å². The van der Waals surface area contributed by atoms with E-state index in [1.165, 1.54) is 88.5 Å². The lowest BCUT2D eigenvalue weighted by atomic mass is 9.44. The predicted octanol–water partition coefficient (Wildman–Crippen LogP) is 13.1. The van der Waals surface area contributed by atoms with Gasteiger partial charge < -0.3 is 13.8 Å². The number of anilines is 2. The normalized spacial score (nSPS) is 14.4. The maximum absolute atomic E-state index is 6.66. The van der Waals surface area contributed by atoms with Crippen molar-refractivity contribution in [3.63, 3.8) is 0 Å². The largest absolute Gasteiger partial charge is 0.436 e. The smallest absolute Gasteiger partial charge is 0.333 e. The molecule has 0 spiro atoms. The fourth-order valence-electron chi connectivity index (χ4n) is 11.0. The molecule has 0 fully saturated rings. The molecule has 0 unspecified atom stereocenters. The van der Waals surface area contributed by atoms with Crippen molar-refractivity contribution in [1.29, 1.82) is 0 Å². The van der Waals surface area contributed by atoms with Crippen LogP contribution < -0.4 is 15.7 Å². The van der Waals surface area contributed by atoms with Crippen LogP contribution in [0.3, 0.4) is 0 Å². The molecule has 8 aromatic carbocycles. The molecule has 0 saturated heterocycles. The Kier molecular flexibility index (Phi) is 6.84. The highest BCUT2D eigenvalue weighted by Gasteiger charge is 2.45. The number of rotatable bonds is 3. The van der Waals surface area contributed by atoms with Crippen molar-refractivity contribution in [3.8, 4) is 50.5 Å². The fourth-order valence-corrected chi connectivity index (χ4v) is 11.0. The monoisotopic (exact) mass is 783 g/mol. The highest BCUT2D eigenvalue weighted by molar-refractivity contribution is 6.94. The molecule has 0 saturated carbocycles. The van der Waals surface area contributed by atoms with Gasteiger partial charge in [-0.15, -0.1) is 0 Å². The molecule has 0 amide bonds. The molecule has 0 N–H and O–H groups in total. The van der Waals surface area contributed by atoms with E-state index >= 15 is 0 Å². The SMILES string of the molecule is CC(C)(C)c1ccc(N2B3c4cc5nc(-c6ccccc6)oc5cc4-n4c5ccccc5c5c(-c6ccc7c(c6)C(C)(C)c6ccccc6-7)cc(c3c54)-c3ccccc32)cc1. The number of hydrogen-bond acceptors (Lipinski definition) is 3. The van der Waals surface area contributed by atoms with Gasteiger partial charge in [-0.3, -0.25) is 0 Å². The van der Waals surface area contributed by atoms with E-state index in [1.54, 1.807) is 0 Å². The first-order valence-electron chi connectivity index (χ1n) is 21.5. The Morgan fingerprint density at radius 1 is 0.590 bits per heavy atom. The number of hydrogen-bond donors (Lipinski definition) is 0. The molecule has 0 atom stereocenters. The van der Waals surface area contributed by atoms with E-state index in [1.807, 2.05) is 18.2 Å². The van der Waals surface area contributed by atoms with Crippen LogP contribution in [0.5, 0.6) is 0 Å². The van der Waals surface area contributed by atoms with Crippen LogP contribution in [0.1, 0.15) is 51.3 Å². The third-order valence-corrected chi connectivity index (χ3v) is 14.0. The molecule has 4 heterocycles. The zero-order valence-corrected chi connectivity index (χ0v) is 34.9. The van der Waals surface area contributed by atoms with Crippen LogP contribution in [0.25, 0.3) is 83.4 Å². The molecule has 13 rings (SSSR count). The van der Waals surface area contributed by atoms with E-state index in [-0.39, 0.29) is 17.7 Å². The summed E-state index contributed by atoms with van der Waals surface area (Å²) >= 11 is 0. The second-order valence-electron chi connectivity index (χ2n) is 18.7. The van der Waals surface area contributed by atoms with Crippen LogP contribution in [-0.4, -0.2) is 16.4 Å². The maximum atomic E-state index is 6.66. The van der Waals surface area contributed by atoms with Crippen molar-refractivity contribution in [3.05, 3.63) is 180 Å². The lowest BCUT2D eigenvalue weighted by Gasteiger charge is -2.42. The Hall–Kier alpha value is -7.11. The topological polar surface area (TPSA) is 34.2 Å². The molecule has 61 heavy (non-hydrogen) atoms. The van der Waals surface area contributed by atoms with Crippen molar-refractivity contribution in [2.45, 2.75) is 45.4 Å². The Morgan fingerprint density at radius 2 is 1.31 bits per heavy atom. The van der Waals surface area contributed by atoms with Gasteiger partial charge in [0, 0.05) is 50.4 Å². The van der Waals surface area contributed by atoms with Crippen LogP contribution >= 0.6 is 0 Å². The summed E-state index contributed by atoms with van der Waals surface area (Å²) in [6.45, 7) is 11.5. The lowest BCUT2D eigenvalue weighted by molar-refractivity contribution is 0.590. The minimum atomic E-state index is -0.136. The Balaban J connectivity index is 1.15. The number of benzene rings is 8. The highest BCUT2D eigenvalue weighted by atomic mass is 16.3. The van der Waals surface area contributed by atoms with Gasteiger partial charge >= 0.3 is 6.85 Å². The second kappa shape index (κ2) is 12.0. The van der Waals surface area contributed by atoms with Crippen LogP contribution in [0, 0.1) is 0 Å². The number of para-hydroxylation sites is 2. The summed E-state index contributed by atoms with van der Waals surface area (Å²) in [6.07, 6.45) is 0. The van der Waals surface area contributed by atoms with E-state index in [9.17, 15) is 0 Å². The first-order valence-corrected chi connectivity index (χ1v) is 21.5. The summed E-state index contributed by atoms with van der Waals surface area (Å²) in [6, 6.07) is 60.7. The molecule has 0 bridgehead atoms. The van der Waals surface area contributed by atoms with Gasteiger partial charge in [-0.2, -0.15) is 0 Å². The molecule has 3 aliphatic rings. The first-order chi connectivity index (χ1) is 29.6. The third kappa shape index (κ3) is 4.69. The summed E-state index contributed by atoms with van der Waals surface area (Å²) in [7, 11) is 0. The Bertz CT molecular complexity index is 3490. The second-order valence-corrected chi connectivity index (χ2v) is 18.7. The molecule has 5 heteroatoms. The minimum absolute atomic E-state index is 0.0381. The van der Waals surface area contributed by atoms with Crippen LogP contribution in [-0.2, 0) is 10.8 Å². The van der Waals surface area contributed by atoms with Gasteiger partial charge in [0.05, 0.1) is 11.0 Å². The summed E-state index contributed by atoms with van der Waals surface area (Å²) < 4.78 is 9.19. The van der Waals surface area contributed by atoms with Crippen molar-refractivity contribution < 1.29 is 4.42 Å². The Morgan fingerprint density at radius 3 is 2.13 bits per heavy atom. The summed E-state index contributed by atoms with van der Waals surface area (Å²) in [5.41, 5.74) is 22.7. The average molecular weight is 784 g/mol. The quantitative estimate of drug-likeness (QED) is 0.167. The number of fused-ring (bicyclic) bond motifs is 12. The highest BCUT2D eigenvalue weighted by Crippen LogP contribution is 2.52. The molecule has 2 aromatic heterocycles. The first kappa shape index (κ1) is 34.7. The summed E-state index contributed by atoms with van der Waals surface area (Å²) in [4.78, 5) is 7.74. The molecule has 0 radical (unpaired) electrons. The predicted molar refractivity (Wildman–Crippen MR) is 255 cm³/mol. The lowest BCUT2D eigenvalue weighted by Crippen LogP contribution is -2.60. The molecule has 10 aromatic rings. The van der Waals surface area contributed by atoms with Crippen LogP contribution in [0.2, 0.25) is 0 Å². The van der Waals surface area contributed by atoms with E-state index < -0.39 is 0 Å². The molecule has 2 aliphatic heterocycles. The van der Waals surface area contributed by atoms with E-state index in [4.69, 9.17) is 9.40 Å². The van der Waals surface area contributed by atoms with Crippen molar-refractivity contribution >= 4 is 62.1 Å². The summed E-state index contributed by atoms with van der Waals surface area (Å²) in [5.74, 6) is 0.631. The standard InChI is InChI=1S/C56H42BN3O/c1-55(2,3)35-24-26-36(27-25-35)60-48-22-14-10-18-39(48)42-30-41(34-23-28-38-37-17-9-12-20-43(37)56(4,5)44(38)29-34)51-40-19-11-13-21-47(40)59-49-32-50-46(31-45(49)57(60)52(42)53(51)59)58-54(61-50)33-15-7-6-8-16-33/h6-32H,1-5H3. The van der Waals surface area contributed by atoms with E-state index in [2.05, 4.69) is 190 Å². The zero-order chi connectivity index (χ0) is 40.9. The zero-order valence-electron chi connectivity index (χ0n) is 34.9. The van der Waals surface area contributed by atoms with Gasteiger partial charge in [-0.1, -0.05) is 138 Å². The number of nitrogens with zero attached hydrogens (tertiary/aromatic N) is 3. The average Bonchev–Trinajstić information content (AvgIpc) is 3.93. The van der Waals surface area contributed by atoms with Gasteiger partial charge in [-0.05, 0) is 115 Å². The van der Waals surface area contributed by atoms with E-state index in [0.29, 0.717) is 5.89 Å². The molecule has 1 aliphatic carbocycles. The number of aromatic nitrogens is 2.